The Morgan fingerprint density at radius 2 is 1.75 bits per heavy atom. The van der Waals surface area contributed by atoms with Gasteiger partial charge in [0, 0.05) is 37.4 Å². The van der Waals surface area contributed by atoms with Gasteiger partial charge < -0.3 is 21.1 Å². The third-order valence-electron chi connectivity index (χ3n) is 7.68. The highest BCUT2D eigenvalue weighted by Crippen LogP contribution is 2.51. The van der Waals surface area contributed by atoms with Gasteiger partial charge in [0.25, 0.3) is 5.91 Å². The van der Waals surface area contributed by atoms with E-state index in [1.165, 1.54) is 6.07 Å². The molecule has 8 nitrogen and oxygen atoms in total. The first-order chi connectivity index (χ1) is 20.9. The van der Waals surface area contributed by atoms with Gasteiger partial charge in [-0.1, -0.05) is 48.5 Å². The average Bonchev–Trinajstić information content (AvgIpc) is 2.98. The molecule has 12 heteroatoms. The Morgan fingerprint density at radius 1 is 1.02 bits per heavy atom. The molecule has 1 fully saturated rings. The molecule has 1 heterocycles. The van der Waals surface area contributed by atoms with Crippen molar-refractivity contribution >= 4 is 28.1 Å². The number of hydrogen-bond donors (Lipinski definition) is 6. The topological polar surface area (TPSA) is 117 Å². The van der Waals surface area contributed by atoms with Gasteiger partial charge in [0.05, 0.1) is 29.1 Å². The number of rotatable bonds is 12. The summed E-state index contributed by atoms with van der Waals surface area (Å²) in [4.78, 5) is 13.7. The molecule has 3 aromatic carbocycles. The molecule has 1 saturated heterocycles. The predicted octanol–water partition coefficient (Wildman–Crippen LogP) is 6.20. The molecule has 0 saturated carbocycles. The molecule has 44 heavy (non-hydrogen) atoms. The van der Waals surface area contributed by atoms with Crippen molar-refractivity contribution in [3.63, 3.8) is 0 Å². The highest BCUT2D eigenvalue weighted by Gasteiger charge is 2.31. The number of nitrogens with one attached hydrogen (secondary N) is 3. The normalized spacial score (nSPS) is 17.0. The second-order valence-electron chi connectivity index (χ2n) is 11.0. The van der Waals surface area contributed by atoms with E-state index in [0.717, 1.165) is 29.7 Å². The van der Waals surface area contributed by atoms with E-state index in [-0.39, 0.29) is 18.8 Å². The van der Waals surface area contributed by atoms with Gasteiger partial charge in [0.2, 0.25) is 0 Å². The van der Waals surface area contributed by atoms with E-state index in [4.69, 9.17) is 0 Å². The lowest BCUT2D eigenvalue weighted by Crippen LogP contribution is -2.48. The number of alkyl halides is 3. The maximum Gasteiger partial charge on any atom is 0.416 e. The van der Waals surface area contributed by atoms with Crippen LogP contribution in [0.5, 0.6) is 0 Å². The molecule has 240 valence electrons. The smallest absolute Gasteiger partial charge is 0.390 e. The number of nitrogens with zero attached hydrogens (tertiary/aromatic N) is 1. The maximum absolute atomic E-state index is 13.7. The second-order valence-corrected chi connectivity index (χ2v) is 13.1. The van der Waals surface area contributed by atoms with E-state index in [0.29, 0.717) is 48.4 Å². The van der Waals surface area contributed by atoms with E-state index >= 15 is 0 Å². The minimum atomic E-state index is -4.45. The molecule has 1 aliphatic rings. The number of carbonyl (C=O) groups is 1. The summed E-state index contributed by atoms with van der Waals surface area (Å²) in [6, 6.07) is 17.0. The molecule has 0 bridgehead atoms. The summed E-state index contributed by atoms with van der Waals surface area (Å²) in [6.45, 7) is 4.96. The Bertz CT molecular complexity index is 1410. The van der Waals surface area contributed by atoms with Crippen molar-refractivity contribution in [2.45, 2.75) is 58.0 Å². The lowest BCUT2D eigenvalue weighted by Gasteiger charge is -2.48. The zero-order chi connectivity index (χ0) is 31.9. The lowest BCUT2D eigenvalue weighted by atomic mass is 9.99. The molecule has 4 rings (SSSR count). The molecule has 1 aliphatic heterocycles. The number of aliphatic hydroxyl groups is 1. The number of halogens is 3. The van der Waals surface area contributed by atoms with Gasteiger partial charge in [-0.25, -0.2) is 0 Å². The van der Waals surface area contributed by atoms with Gasteiger partial charge in [-0.15, -0.1) is 10.8 Å². The second kappa shape index (κ2) is 14.7. The summed E-state index contributed by atoms with van der Waals surface area (Å²) in [5.41, 5.74) is 2.91. The minimum Gasteiger partial charge on any atom is -0.390 e. The van der Waals surface area contributed by atoms with E-state index in [9.17, 15) is 32.2 Å². The van der Waals surface area contributed by atoms with Crippen LogP contribution >= 0.6 is 10.8 Å². The van der Waals surface area contributed by atoms with Gasteiger partial charge in [-0.3, -0.25) is 18.2 Å². The fourth-order valence-corrected chi connectivity index (χ4v) is 7.05. The third kappa shape index (κ3) is 8.66. The lowest BCUT2D eigenvalue weighted by molar-refractivity contribution is -0.137. The summed E-state index contributed by atoms with van der Waals surface area (Å²) in [5, 5.41) is 20.4. The van der Waals surface area contributed by atoms with E-state index in [1.54, 1.807) is 22.5 Å². The molecular formula is C32H41F3N4O4S. The van der Waals surface area contributed by atoms with Crippen LogP contribution in [-0.2, 0) is 19.1 Å². The number of aliphatic hydroxyl groups excluding tert-OH is 1. The van der Waals surface area contributed by atoms with Gasteiger partial charge in [-0.05, 0) is 68.0 Å². The molecule has 3 aromatic rings. The molecule has 6 N–H and O–H groups in total. The Hall–Kier alpha value is -3.29. The first-order valence-electron chi connectivity index (χ1n) is 14.7. The minimum absolute atomic E-state index is 0.0183. The number of amides is 1. The van der Waals surface area contributed by atoms with Gasteiger partial charge in [0.1, 0.15) is 0 Å². The van der Waals surface area contributed by atoms with Crippen LogP contribution in [0.1, 0.15) is 52.4 Å². The Morgan fingerprint density at radius 3 is 2.43 bits per heavy atom. The van der Waals surface area contributed by atoms with Crippen LogP contribution in [-0.4, -0.2) is 57.7 Å². The largest absolute Gasteiger partial charge is 0.416 e. The quantitative estimate of drug-likeness (QED) is 0.140. The molecule has 0 aliphatic carbocycles. The fourth-order valence-electron chi connectivity index (χ4n) is 5.32. The first-order valence-corrected chi connectivity index (χ1v) is 16.4. The van der Waals surface area contributed by atoms with Crippen molar-refractivity contribution in [1.82, 2.24) is 10.6 Å². The number of benzene rings is 3. The summed E-state index contributed by atoms with van der Waals surface area (Å²) < 4.78 is 62.6. The molecule has 2 atom stereocenters. The summed E-state index contributed by atoms with van der Waals surface area (Å²) in [7, 11) is -3.03. The summed E-state index contributed by atoms with van der Waals surface area (Å²) >= 11 is 0. The van der Waals surface area contributed by atoms with E-state index in [1.807, 2.05) is 44.2 Å². The van der Waals surface area contributed by atoms with Gasteiger partial charge in [0.15, 0.2) is 0 Å². The Labute approximate surface area is 258 Å². The number of anilines is 2. The summed E-state index contributed by atoms with van der Waals surface area (Å²) in [6.07, 6.45) is -3.71. The number of hydrogen-bond acceptors (Lipinski definition) is 7. The molecule has 0 aromatic heterocycles. The van der Waals surface area contributed by atoms with Gasteiger partial charge in [-0.2, -0.15) is 13.2 Å². The Balaban J connectivity index is 1.55. The standard InChI is InChI=1S/C32H41F3N4O4S/c1-3-37-27-18-25(19-29(22(27)2)39-14-7-8-15-44(39,42)43)31(41)38-28(17-23-10-5-4-6-11-23)30(40)21-36-20-24-12-9-13-26(16-24)32(33,34)35/h4-6,9-13,16,18-19,28,30,36-37,40,42-43H,3,7-8,14-15,17,20-21H2,1-2H3,(H,38,41)/t28-,30-/m0/s1. The van der Waals surface area contributed by atoms with Crippen LogP contribution in [0.15, 0.2) is 66.7 Å². The van der Waals surface area contributed by atoms with Crippen LogP contribution in [0.3, 0.4) is 0 Å². The fraction of sp³-hybridized carbons (Fsp3) is 0.406. The van der Waals surface area contributed by atoms with Crippen LogP contribution in [0.4, 0.5) is 24.5 Å². The molecular weight excluding hydrogens is 593 g/mol. The van der Waals surface area contributed by atoms with Crippen LogP contribution < -0.4 is 20.3 Å². The first kappa shape index (κ1) is 33.6. The molecule has 0 radical (unpaired) electrons. The van der Waals surface area contributed by atoms with Crippen LogP contribution in [0.25, 0.3) is 0 Å². The average molecular weight is 635 g/mol. The Kier molecular flexibility index (Phi) is 11.2. The van der Waals surface area contributed by atoms with E-state index in [2.05, 4.69) is 16.0 Å². The van der Waals surface area contributed by atoms with Crippen LogP contribution in [0.2, 0.25) is 0 Å². The van der Waals surface area contributed by atoms with Gasteiger partial charge >= 0.3 is 6.18 Å². The van der Waals surface area contributed by atoms with Crippen molar-refractivity contribution in [1.29, 1.82) is 0 Å². The zero-order valence-corrected chi connectivity index (χ0v) is 25.7. The third-order valence-corrected chi connectivity index (χ3v) is 9.60. The summed E-state index contributed by atoms with van der Waals surface area (Å²) in [5.74, 6) is -0.185. The van der Waals surface area contributed by atoms with Crippen molar-refractivity contribution in [2.75, 3.05) is 35.0 Å². The number of carbonyl (C=O) groups excluding carboxylic acids is 1. The maximum atomic E-state index is 13.7. The highest BCUT2D eigenvalue weighted by atomic mass is 32.3. The van der Waals surface area contributed by atoms with Crippen molar-refractivity contribution in [3.05, 3.63) is 94.5 Å². The van der Waals surface area contributed by atoms with Crippen molar-refractivity contribution < 1.29 is 32.2 Å². The molecule has 0 spiro atoms. The monoisotopic (exact) mass is 634 g/mol. The van der Waals surface area contributed by atoms with Crippen molar-refractivity contribution in [3.8, 4) is 0 Å². The zero-order valence-electron chi connectivity index (χ0n) is 24.9. The highest BCUT2D eigenvalue weighted by molar-refractivity contribution is 8.25. The van der Waals surface area contributed by atoms with E-state index < -0.39 is 40.6 Å². The van der Waals surface area contributed by atoms with Crippen molar-refractivity contribution in [2.24, 2.45) is 0 Å². The molecule has 0 unspecified atom stereocenters. The SMILES string of the molecule is CCNc1cc(C(=O)N[C@@H](Cc2ccccc2)[C@@H](O)CNCc2cccc(C(F)(F)F)c2)cc(N2CCCCS2(O)O)c1C. The predicted molar refractivity (Wildman–Crippen MR) is 170 cm³/mol. The molecule has 1 amide bonds. The van der Waals surface area contributed by atoms with Crippen LogP contribution in [0, 0.1) is 6.92 Å².